The number of rotatable bonds is 10. The molecule has 0 spiro atoms. The number of carbonyl (C=O) groups excluding carboxylic acids is 2. The predicted octanol–water partition coefficient (Wildman–Crippen LogP) is 5.97. The molecule has 3 rings (SSSR count). The molecule has 2 aromatic rings. The van der Waals surface area contributed by atoms with E-state index in [1.807, 2.05) is 37.3 Å². The van der Waals surface area contributed by atoms with Gasteiger partial charge in [-0.05, 0) is 37.0 Å². The molecule has 1 aliphatic carbocycles. The average Bonchev–Trinajstić information content (AvgIpc) is 2.82. The van der Waals surface area contributed by atoms with Crippen LogP contribution >= 0.6 is 23.4 Å². The lowest BCUT2D eigenvalue weighted by Crippen LogP contribution is -2.52. The van der Waals surface area contributed by atoms with Gasteiger partial charge in [-0.15, -0.1) is 11.8 Å². The van der Waals surface area contributed by atoms with Crippen LogP contribution in [0.15, 0.2) is 48.5 Å². The van der Waals surface area contributed by atoms with E-state index in [2.05, 4.69) is 5.32 Å². The van der Waals surface area contributed by atoms with Gasteiger partial charge in [-0.25, -0.2) is 4.39 Å². The van der Waals surface area contributed by atoms with Gasteiger partial charge < -0.3 is 10.2 Å². The largest absolute Gasteiger partial charge is 0.352 e. The second-order valence-corrected chi connectivity index (χ2v) is 9.86. The van der Waals surface area contributed by atoms with Crippen LogP contribution in [-0.4, -0.2) is 34.6 Å². The van der Waals surface area contributed by atoms with Gasteiger partial charge in [0.05, 0.1) is 5.75 Å². The molecule has 7 heteroatoms. The van der Waals surface area contributed by atoms with Crippen molar-refractivity contribution >= 4 is 35.2 Å². The Kier molecular flexibility index (Phi) is 10.1. The Morgan fingerprint density at radius 3 is 2.52 bits per heavy atom. The number of halogens is 2. The summed E-state index contributed by atoms with van der Waals surface area (Å²) in [6.07, 6.45) is 5.99. The summed E-state index contributed by atoms with van der Waals surface area (Å²) in [4.78, 5) is 28.2. The maximum absolute atomic E-state index is 14.1. The molecule has 0 aromatic heterocycles. The van der Waals surface area contributed by atoms with Crippen molar-refractivity contribution < 1.29 is 14.0 Å². The van der Waals surface area contributed by atoms with E-state index < -0.39 is 6.04 Å². The van der Waals surface area contributed by atoms with E-state index in [0.717, 1.165) is 31.2 Å². The topological polar surface area (TPSA) is 49.4 Å². The Hall–Kier alpha value is -2.05. The van der Waals surface area contributed by atoms with E-state index in [1.165, 1.54) is 24.2 Å². The minimum atomic E-state index is -0.544. The van der Waals surface area contributed by atoms with Crippen molar-refractivity contribution in [3.05, 3.63) is 70.5 Å². The minimum absolute atomic E-state index is 0.0872. The van der Waals surface area contributed by atoms with Crippen molar-refractivity contribution in [2.24, 2.45) is 0 Å². The molecule has 0 saturated heterocycles. The molecule has 0 bridgehead atoms. The molecule has 1 aliphatic rings. The maximum atomic E-state index is 14.1. The van der Waals surface area contributed by atoms with Gasteiger partial charge in [-0.2, -0.15) is 0 Å². The van der Waals surface area contributed by atoms with Crippen LogP contribution in [-0.2, 0) is 21.9 Å². The van der Waals surface area contributed by atoms with Gasteiger partial charge >= 0.3 is 0 Å². The summed E-state index contributed by atoms with van der Waals surface area (Å²) in [5, 5.41) is 3.54. The van der Waals surface area contributed by atoms with Crippen molar-refractivity contribution in [2.45, 2.75) is 69.8 Å². The molecule has 1 atom stereocenters. The first kappa shape index (κ1) is 25.6. The molecule has 0 unspecified atom stereocenters. The second kappa shape index (κ2) is 13.0. The molecule has 0 aliphatic heterocycles. The molecular formula is C26H32ClFN2O2S. The lowest BCUT2D eigenvalue weighted by atomic mass is 9.95. The molecule has 1 N–H and O–H groups in total. The molecular weight excluding hydrogens is 459 g/mol. The van der Waals surface area contributed by atoms with E-state index in [1.54, 1.807) is 17.0 Å². The SMILES string of the molecule is CC[C@H](C(=O)NC1CCCCC1)N(Cc1ccccc1)C(=O)CSCc1c(F)cccc1Cl. The van der Waals surface area contributed by atoms with E-state index in [4.69, 9.17) is 11.6 Å². The number of hydrogen-bond acceptors (Lipinski definition) is 3. The molecule has 1 saturated carbocycles. The summed E-state index contributed by atoms with van der Waals surface area (Å²) in [6, 6.07) is 13.9. The van der Waals surface area contributed by atoms with Crippen LogP contribution in [0.4, 0.5) is 4.39 Å². The molecule has 0 heterocycles. The molecule has 2 aromatic carbocycles. The monoisotopic (exact) mass is 490 g/mol. The molecule has 0 radical (unpaired) electrons. The fraction of sp³-hybridized carbons (Fsp3) is 0.462. The summed E-state index contributed by atoms with van der Waals surface area (Å²) >= 11 is 7.43. The number of nitrogens with zero attached hydrogens (tertiary/aromatic N) is 1. The third kappa shape index (κ3) is 7.47. The van der Waals surface area contributed by atoms with Crippen molar-refractivity contribution in [3.8, 4) is 0 Å². The first-order valence-electron chi connectivity index (χ1n) is 11.6. The van der Waals surface area contributed by atoms with Crippen molar-refractivity contribution in [2.75, 3.05) is 5.75 Å². The van der Waals surface area contributed by atoms with Gasteiger partial charge in [0.15, 0.2) is 0 Å². The standard InChI is InChI=1S/C26H32ClFN2O2S/c1-2-24(26(32)29-20-12-7-4-8-13-20)30(16-19-10-5-3-6-11-19)25(31)18-33-17-21-22(27)14-9-15-23(21)28/h3,5-6,9-11,14-15,20,24H,2,4,7-8,12-13,16-18H2,1H3,(H,29,32)/t24-/m1/s1. The fourth-order valence-electron chi connectivity index (χ4n) is 4.24. The quantitative estimate of drug-likeness (QED) is 0.446. The summed E-state index contributed by atoms with van der Waals surface area (Å²) in [7, 11) is 0. The van der Waals surface area contributed by atoms with Crippen molar-refractivity contribution in [1.29, 1.82) is 0 Å². The lowest BCUT2D eigenvalue weighted by Gasteiger charge is -2.32. The zero-order valence-corrected chi connectivity index (χ0v) is 20.6. The van der Waals surface area contributed by atoms with Gasteiger partial charge in [0.1, 0.15) is 11.9 Å². The zero-order chi connectivity index (χ0) is 23.6. The number of nitrogens with one attached hydrogen (secondary N) is 1. The van der Waals surface area contributed by atoms with Gasteiger partial charge in [0, 0.05) is 28.9 Å². The van der Waals surface area contributed by atoms with Crippen molar-refractivity contribution in [1.82, 2.24) is 10.2 Å². The molecule has 33 heavy (non-hydrogen) atoms. The highest BCUT2D eigenvalue weighted by molar-refractivity contribution is 7.99. The summed E-state index contributed by atoms with van der Waals surface area (Å²) in [5.41, 5.74) is 1.37. The third-order valence-corrected chi connectivity index (χ3v) is 7.36. The van der Waals surface area contributed by atoms with Gasteiger partial charge in [0.2, 0.25) is 11.8 Å². The van der Waals surface area contributed by atoms with Gasteiger partial charge in [-0.1, -0.05) is 74.2 Å². The number of amides is 2. The normalized spacial score (nSPS) is 15.1. The van der Waals surface area contributed by atoms with Gasteiger partial charge in [0.25, 0.3) is 0 Å². The highest BCUT2D eigenvalue weighted by atomic mass is 35.5. The Morgan fingerprint density at radius 1 is 1.12 bits per heavy atom. The van der Waals surface area contributed by atoms with Crippen LogP contribution in [0.25, 0.3) is 0 Å². The van der Waals surface area contributed by atoms with Crippen LogP contribution in [0, 0.1) is 5.82 Å². The Labute approximate surface area is 205 Å². The minimum Gasteiger partial charge on any atom is -0.352 e. The maximum Gasteiger partial charge on any atom is 0.243 e. The van der Waals surface area contributed by atoms with Crippen LogP contribution in [0.5, 0.6) is 0 Å². The first-order chi connectivity index (χ1) is 16.0. The smallest absolute Gasteiger partial charge is 0.243 e. The van der Waals surface area contributed by atoms with E-state index in [9.17, 15) is 14.0 Å². The van der Waals surface area contributed by atoms with E-state index in [0.29, 0.717) is 29.3 Å². The van der Waals surface area contributed by atoms with Crippen LogP contribution in [0.2, 0.25) is 5.02 Å². The highest BCUT2D eigenvalue weighted by Crippen LogP contribution is 2.25. The lowest BCUT2D eigenvalue weighted by molar-refractivity contribution is -0.139. The van der Waals surface area contributed by atoms with Gasteiger partial charge in [-0.3, -0.25) is 9.59 Å². The molecule has 178 valence electrons. The third-order valence-electron chi connectivity index (χ3n) is 6.07. The second-order valence-electron chi connectivity index (χ2n) is 8.47. The van der Waals surface area contributed by atoms with Crippen LogP contribution in [0.1, 0.15) is 56.6 Å². The molecule has 2 amide bonds. The number of carbonyl (C=O) groups is 2. The summed E-state index contributed by atoms with van der Waals surface area (Å²) in [5.74, 6) is -0.161. The number of benzene rings is 2. The Bertz CT molecular complexity index is 902. The molecule has 1 fully saturated rings. The summed E-state index contributed by atoms with van der Waals surface area (Å²) in [6.45, 7) is 2.29. The average molecular weight is 491 g/mol. The number of hydrogen-bond donors (Lipinski definition) is 1. The van der Waals surface area contributed by atoms with E-state index >= 15 is 0 Å². The first-order valence-corrected chi connectivity index (χ1v) is 13.2. The van der Waals surface area contributed by atoms with E-state index in [-0.39, 0.29) is 29.4 Å². The fourth-order valence-corrected chi connectivity index (χ4v) is 5.49. The van der Waals surface area contributed by atoms with Crippen molar-refractivity contribution in [3.63, 3.8) is 0 Å². The van der Waals surface area contributed by atoms with Crippen LogP contribution in [0.3, 0.4) is 0 Å². The number of thioether (sulfide) groups is 1. The zero-order valence-electron chi connectivity index (χ0n) is 19.1. The Morgan fingerprint density at radius 2 is 1.85 bits per heavy atom. The Balaban J connectivity index is 1.70. The highest BCUT2D eigenvalue weighted by Gasteiger charge is 2.30. The van der Waals surface area contributed by atoms with Crippen LogP contribution < -0.4 is 5.32 Å². The summed E-state index contributed by atoms with van der Waals surface area (Å²) < 4.78 is 14.1. The predicted molar refractivity (Wildman–Crippen MR) is 134 cm³/mol. The molecule has 4 nitrogen and oxygen atoms in total.